The van der Waals surface area contributed by atoms with Gasteiger partial charge >= 0.3 is 10.2 Å². The third-order valence-corrected chi connectivity index (χ3v) is 3.60. The minimum absolute atomic E-state index is 0.270. The minimum Gasteiger partial charge on any atom is -0.274 e. The van der Waals surface area contributed by atoms with Gasteiger partial charge in [0.25, 0.3) is 0 Å². The lowest BCUT2D eigenvalue weighted by atomic mass is 10.4. The van der Waals surface area contributed by atoms with E-state index in [-0.39, 0.29) is 18.9 Å². The molecular weight excluding hydrogens is 168 g/mol. The molecule has 0 atom stereocenters. The zero-order valence-corrected chi connectivity index (χ0v) is 7.26. The Morgan fingerprint density at radius 3 is 2.36 bits per heavy atom. The third-order valence-electron chi connectivity index (χ3n) is 1.73. The summed E-state index contributed by atoms with van der Waals surface area (Å²) < 4.78 is 24.2. The topological polar surface area (TPSA) is 57.7 Å². The van der Waals surface area contributed by atoms with E-state index in [0.29, 0.717) is 0 Å². The molecule has 0 aromatic carbocycles. The maximum atomic E-state index is 11.2. The molecule has 0 bridgehead atoms. The molecule has 64 valence electrons. The summed E-state index contributed by atoms with van der Waals surface area (Å²) in [5, 5.41) is 0. The monoisotopic (exact) mass is 178 g/mol. The van der Waals surface area contributed by atoms with Crippen LogP contribution in [0.5, 0.6) is 0 Å². The fourth-order valence-electron chi connectivity index (χ4n) is 0.864. The summed E-state index contributed by atoms with van der Waals surface area (Å²) in [6, 6.07) is 0. The van der Waals surface area contributed by atoms with E-state index in [0.717, 1.165) is 8.61 Å². The Morgan fingerprint density at radius 1 is 1.36 bits per heavy atom. The van der Waals surface area contributed by atoms with Gasteiger partial charge in [-0.15, -0.1) is 0 Å². The Labute approximate surface area is 65.8 Å². The van der Waals surface area contributed by atoms with Crippen molar-refractivity contribution in [1.82, 2.24) is 8.61 Å². The Balaban J connectivity index is 3.00. The van der Waals surface area contributed by atoms with Gasteiger partial charge in [0.2, 0.25) is 5.91 Å². The van der Waals surface area contributed by atoms with Crippen molar-refractivity contribution in [2.24, 2.45) is 0 Å². The first-order chi connectivity index (χ1) is 4.96. The number of hydrogen-bond acceptors (Lipinski definition) is 3. The van der Waals surface area contributed by atoms with Gasteiger partial charge in [0.05, 0.1) is 0 Å². The van der Waals surface area contributed by atoms with E-state index < -0.39 is 10.2 Å². The van der Waals surface area contributed by atoms with Gasteiger partial charge in [-0.05, 0) is 0 Å². The molecule has 0 spiro atoms. The first-order valence-electron chi connectivity index (χ1n) is 3.19. The van der Waals surface area contributed by atoms with Crippen LogP contribution in [-0.4, -0.2) is 43.6 Å². The average Bonchev–Trinajstić information content (AvgIpc) is 1.95. The molecule has 0 aromatic heterocycles. The normalized spacial score (nSPS) is 25.6. The predicted molar refractivity (Wildman–Crippen MR) is 38.9 cm³/mol. The van der Waals surface area contributed by atoms with E-state index >= 15 is 0 Å². The zero-order chi connectivity index (χ0) is 8.65. The van der Waals surface area contributed by atoms with E-state index in [1.165, 1.54) is 14.1 Å². The van der Waals surface area contributed by atoms with Gasteiger partial charge in [0.1, 0.15) is 0 Å². The van der Waals surface area contributed by atoms with Crippen LogP contribution in [0, 0.1) is 0 Å². The van der Waals surface area contributed by atoms with Crippen molar-refractivity contribution in [1.29, 1.82) is 0 Å². The third kappa shape index (κ3) is 1.23. The molecule has 5 nitrogen and oxygen atoms in total. The molecule has 0 aliphatic carbocycles. The highest BCUT2D eigenvalue weighted by Gasteiger charge is 2.32. The second-order valence-electron chi connectivity index (χ2n) is 2.44. The van der Waals surface area contributed by atoms with Crippen molar-refractivity contribution >= 4 is 16.1 Å². The molecule has 1 fully saturated rings. The molecule has 1 heterocycles. The summed E-state index contributed by atoms with van der Waals surface area (Å²) in [6.45, 7) is 0.283. The lowest BCUT2D eigenvalue weighted by Crippen LogP contribution is -2.48. The standard InChI is InChI=1S/C5H10N2O3S/c1-6-4-3-5(8)7(2)11(6,9)10/h3-4H2,1-2H3. The van der Waals surface area contributed by atoms with Crippen molar-refractivity contribution in [3.8, 4) is 0 Å². The van der Waals surface area contributed by atoms with E-state index in [9.17, 15) is 13.2 Å². The van der Waals surface area contributed by atoms with E-state index in [2.05, 4.69) is 0 Å². The molecule has 1 aliphatic rings. The molecule has 1 rings (SSSR count). The van der Waals surface area contributed by atoms with Gasteiger partial charge in [-0.1, -0.05) is 0 Å². The Morgan fingerprint density at radius 2 is 1.91 bits per heavy atom. The van der Waals surface area contributed by atoms with Crippen LogP contribution in [-0.2, 0) is 15.0 Å². The predicted octanol–water partition coefficient (Wildman–Crippen LogP) is -0.975. The molecule has 0 unspecified atom stereocenters. The molecule has 11 heavy (non-hydrogen) atoms. The molecule has 1 amide bonds. The Bertz CT molecular complexity index is 271. The summed E-state index contributed by atoms with van der Waals surface area (Å²) in [7, 11) is -0.744. The van der Waals surface area contributed by atoms with Crippen LogP contribution < -0.4 is 0 Å². The number of carbonyl (C=O) groups excluding carboxylic acids is 1. The molecule has 6 heteroatoms. The van der Waals surface area contributed by atoms with Crippen molar-refractivity contribution in [3.05, 3.63) is 0 Å². The van der Waals surface area contributed by atoms with Gasteiger partial charge in [-0.3, -0.25) is 4.79 Å². The quantitative estimate of drug-likeness (QED) is 0.479. The van der Waals surface area contributed by atoms with Crippen LogP contribution in [0.15, 0.2) is 0 Å². The van der Waals surface area contributed by atoms with Crippen molar-refractivity contribution in [3.63, 3.8) is 0 Å². The van der Waals surface area contributed by atoms with Gasteiger partial charge < -0.3 is 0 Å². The molecule has 0 saturated carbocycles. The van der Waals surface area contributed by atoms with E-state index in [4.69, 9.17) is 0 Å². The lowest BCUT2D eigenvalue weighted by Gasteiger charge is -2.29. The molecule has 0 N–H and O–H groups in total. The highest BCUT2D eigenvalue weighted by atomic mass is 32.2. The van der Waals surface area contributed by atoms with Crippen molar-refractivity contribution in [2.45, 2.75) is 6.42 Å². The number of hydrogen-bond donors (Lipinski definition) is 0. The Hall–Kier alpha value is -0.620. The maximum absolute atomic E-state index is 11.2. The van der Waals surface area contributed by atoms with E-state index in [1.807, 2.05) is 0 Å². The van der Waals surface area contributed by atoms with Gasteiger partial charge in [-0.25, -0.2) is 4.31 Å². The van der Waals surface area contributed by atoms with Crippen LogP contribution in [0.1, 0.15) is 6.42 Å². The Kier molecular flexibility index (Phi) is 1.89. The van der Waals surface area contributed by atoms with Gasteiger partial charge in [0.15, 0.2) is 0 Å². The minimum atomic E-state index is -3.47. The summed E-state index contributed by atoms with van der Waals surface area (Å²) >= 11 is 0. The molecular formula is C5H10N2O3S. The SMILES string of the molecule is CN1CCC(=O)N(C)S1(=O)=O. The second kappa shape index (κ2) is 2.46. The second-order valence-corrected chi connectivity index (χ2v) is 4.51. The smallest absolute Gasteiger partial charge is 0.274 e. The van der Waals surface area contributed by atoms with Crippen LogP contribution >= 0.6 is 0 Å². The number of amides is 1. The zero-order valence-electron chi connectivity index (χ0n) is 6.44. The largest absolute Gasteiger partial charge is 0.305 e. The summed E-state index contributed by atoms with van der Waals surface area (Å²) in [6.07, 6.45) is 0.270. The lowest BCUT2D eigenvalue weighted by molar-refractivity contribution is -0.126. The summed E-state index contributed by atoms with van der Waals surface area (Å²) in [4.78, 5) is 10.9. The van der Waals surface area contributed by atoms with Crippen molar-refractivity contribution in [2.75, 3.05) is 20.6 Å². The highest BCUT2D eigenvalue weighted by Crippen LogP contribution is 2.11. The number of rotatable bonds is 0. The summed E-state index contributed by atoms with van der Waals surface area (Å²) in [5.74, 6) is -0.344. The molecule has 0 aromatic rings. The number of carbonyl (C=O) groups is 1. The number of nitrogens with zero attached hydrogens (tertiary/aromatic N) is 2. The first-order valence-corrected chi connectivity index (χ1v) is 4.59. The van der Waals surface area contributed by atoms with Gasteiger partial charge in [-0.2, -0.15) is 12.7 Å². The van der Waals surface area contributed by atoms with E-state index in [1.54, 1.807) is 0 Å². The van der Waals surface area contributed by atoms with Crippen LogP contribution in [0.2, 0.25) is 0 Å². The van der Waals surface area contributed by atoms with Crippen LogP contribution in [0.25, 0.3) is 0 Å². The maximum Gasteiger partial charge on any atom is 0.305 e. The first kappa shape index (κ1) is 8.48. The highest BCUT2D eigenvalue weighted by molar-refractivity contribution is 7.87. The average molecular weight is 178 g/mol. The molecule has 1 aliphatic heterocycles. The fourth-order valence-corrected chi connectivity index (χ4v) is 1.95. The summed E-state index contributed by atoms with van der Waals surface area (Å²) in [5.41, 5.74) is 0. The van der Waals surface area contributed by atoms with Crippen LogP contribution in [0.3, 0.4) is 0 Å². The molecule has 1 saturated heterocycles. The van der Waals surface area contributed by atoms with Gasteiger partial charge in [0, 0.05) is 27.1 Å². The van der Waals surface area contributed by atoms with Crippen LogP contribution in [0.4, 0.5) is 0 Å². The van der Waals surface area contributed by atoms with Crippen molar-refractivity contribution < 1.29 is 13.2 Å². The fraction of sp³-hybridized carbons (Fsp3) is 0.800. The molecule has 0 radical (unpaired) electrons.